The lowest BCUT2D eigenvalue weighted by molar-refractivity contribution is -0.0353. The van der Waals surface area contributed by atoms with Crippen LogP contribution in [0, 0.1) is 0 Å². The fourth-order valence-electron chi connectivity index (χ4n) is 5.97. The SMILES string of the molecule is Nc1nc2c(ncn2[C@@H]2O[C@@H]3CCS(=O)(=O)N[C@@H]4C(O)[C@H](n5cnc6c(N)ncnc65)O[C@@H]4CCS(=O)(=O)N[C@H]2C3O)c(=O)[nH]1. The molecule has 7 rings (SSSR count). The summed E-state index contributed by atoms with van der Waals surface area (Å²) in [5.74, 6) is -1.30. The van der Waals surface area contributed by atoms with Gasteiger partial charge in [-0.2, -0.15) is 4.98 Å². The lowest BCUT2D eigenvalue weighted by atomic mass is 10.1. The van der Waals surface area contributed by atoms with Crippen LogP contribution in [-0.4, -0.2) is 114 Å². The van der Waals surface area contributed by atoms with E-state index in [4.69, 9.17) is 20.9 Å². The van der Waals surface area contributed by atoms with Gasteiger partial charge in [0.1, 0.15) is 24.1 Å². The van der Waals surface area contributed by atoms with Gasteiger partial charge in [-0.3, -0.25) is 18.9 Å². The number of aliphatic hydroxyl groups is 2. The molecule has 45 heavy (non-hydrogen) atoms. The number of aromatic nitrogens is 8. The molecule has 0 radical (unpaired) electrons. The van der Waals surface area contributed by atoms with Crippen LogP contribution < -0.4 is 26.5 Å². The summed E-state index contributed by atoms with van der Waals surface area (Å²) in [5, 5.41) is 22.4. The van der Waals surface area contributed by atoms with Crippen molar-refractivity contribution in [2.75, 3.05) is 23.0 Å². The first-order valence-corrected chi connectivity index (χ1v) is 16.9. The lowest BCUT2D eigenvalue weighted by Gasteiger charge is -2.24. The number of aromatic amines is 1. The first-order chi connectivity index (χ1) is 21.3. The van der Waals surface area contributed by atoms with E-state index in [1.807, 2.05) is 0 Å². The predicted octanol–water partition coefficient (Wildman–Crippen LogP) is -3.99. The van der Waals surface area contributed by atoms with Crippen LogP contribution in [0.2, 0.25) is 0 Å². The molecule has 7 heterocycles. The largest absolute Gasteiger partial charge is 0.389 e. The molecule has 9 N–H and O–H groups in total. The average molecular weight is 669 g/mol. The molecule has 0 spiro atoms. The highest BCUT2D eigenvalue weighted by atomic mass is 32.2. The van der Waals surface area contributed by atoms with Gasteiger partial charge in [0.15, 0.2) is 35.1 Å². The number of nitrogens with zero attached hydrogens (tertiary/aromatic N) is 7. The molecule has 0 saturated carbocycles. The molecule has 23 heteroatoms. The molecule has 2 bridgehead atoms. The van der Waals surface area contributed by atoms with Gasteiger partial charge in [0.05, 0.1) is 48.5 Å². The summed E-state index contributed by atoms with van der Waals surface area (Å²) in [5.41, 5.74) is 11.2. The highest BCUT2D eigenvalue weighted by Crippen LogP contribution is 2.36. The van der Waals surface area contributed by atoms with Crippen molar-refractivity contribution in [1.82, 2.24) is 48.5 Å². The summed E-state index contributed by atoms with van der Waals surface area (Å²) in [4.78, 5) is 34.9. The summed E-state index contributed by atoms with van der Waals surface area (Å²) in [6, 6.07) is -2.59. The summed E-state index contributed by atoms with van der Waals surface area (Å²) in [6.07, 6.45) is -4.60. The number of nitrogens with two attached hydrogens (primary N) is 2. The van der Waals surface area contributed by atoms with Gasteiger partial charge in [-0.1, -0.05) is 0 Å². The summed E-state index contributed by atoms with van der Waals surface area (Å²) in [7, 11) is -8.37. The standard InChI is InChI=1S/C22H28N12O9S2/c23-16-12-17(26-5-25-16)33(6-27-12)21-15(36)10-8(42-21)1-3-45(40,41)32-11-14(35)9(2-4-44(38,39)31-10)43-20(11)34-7-28-13-18(34)29-22(24)30-19(13)37/h5-11,14-15,20-21,31-32,35-36H,1-4H2,(H2,23,25,26)(H3,24,29,30,37)/t8-,9-,10+,11+,14?,15?,20-,21-/m1/s1. The fraction of sp³-hybridized carbons (Fsp3) is 0.545. The molecule has 0 amide bonds. The zero-order valence-corrected chi connectivity index (χ0v) is 24.7. The van der Waals surface area contributed by atoms with Gasteiger partial charge in [-0.15, -0.1) is 0 Å². The zero-order chi connectivity index (χ0) is 31.8. The van der Waals surface area contributed by atoms with Gasteiger partial charge < -0.3 is 31.2 Å². The van der Waals surface area contributed by atoms with Crippen molar-refractivity contribution in [3.63, 3.8) is 0 Å². The second kappa shape index (κ2) is 10.6. The Balaban J connectivity index is 1.21. The maximum atomic E-state index is 13.4. The number of nitrogens with one attached hydrogen (secondary N) is 3. The number of ether oxygens (including phenoxy) is 2. The first kappa shape index (κ1) is 29.8. The monoisotopic (exact) mass is 668 g/mol. The van der Waals surface area contributed by atoms with Gasteiger partial charge in [0.25, 0.3) is 5.56 Å². The van der Waals surface area contributed by atoms with E-state index in [0.717, 1.165) is 0 Å². The molecule has 4 aromatic rings. The van der Waals surface area contributed by atoms with E-state index < -0.39 is 86.1 Å². The van der Waals surface area contributed by atoms with E-state index in [2.05, 4.69) is 39.3 Å². The van der Waals surface area contributed by atoms with Gasteiger partial charge >= 0.3 is 0 Å². The Hall–Kier alpha value is -3.84. The minimum Gasteiger partial charge on any atom is -0.389 e. The molecule has 3 aliphatic rings. The van der Waals surface area contributed by atoms with Crippen molar-refractivity contribution in [2.45, 2.75) is 61.8 Å². The maximum absolute atomic E-state index is 13.4. The molecule has 4 aromatic heterocycles. The topological polar surface area (TPSA) is 310 Å². The number of fused-ring (bicyclic) bond motifs is 5. The fourth-order valence-corrected chi connectivity index (χ4v) is 8.67. The van der Waals surface area contributed by atoms with E-state index >= 15 is 0 Å². The van der Waals surface area contributed by atoms with Gasteiger partial charge in [-0.05, 0) is 12.8 Å². The van der Waals surface area contributed by atoms with Crippen LogP contribution in [0.3, 0.4) is 0 Å². The second-order valence-electron chi connectivity index (χ2n) is 11.0. The van der Waals surface area contributed by atoms with E-state index in [1.165, 1.54) is 28.1 Å². The second-order valence-corrected chi connectivity index (χ2v) is 14.7. The third-order valence-electron chi connectivity index (χ3n) is 8.10. The van der Waals surface area contributed by atoms with E-state index in [-0.39, 0.29) is 46.9 Å². The minimum atomic E-state index is -4.21. The number of H-pyrrole nitrogens is 1. The number of sulfonamides is 2. The van der Waals surface area contributed by atoms with Crippen molar-refractivity contribution in [1.29, 1.82) is 0 Å². The highest BCUT2D eigenvalue weighted by molar-refractivity contribution is 7.89. The number of hydrogen-bond acceptors (Lipinski definition) is 16. The molecule has 3 aliphatic heterocycles. The molecule has 21 nitrogen and oxygen atoms in total. The van der Waals surface area contributed by atoms with Crippen LogP contribution in [0.1, 0.15) is 25.3 Å². The Morgan fingerprint density at radius 3 is 2.16 bits per heavy atom. The first-order valence-electron chi connectivity index (χ1n) is 13.6. The van der Waals surface area contributed by atoms with E-state index in [0.29, 0.717) is 0 Å². The molecule has 3 saturated heterocycles. The van der Waals surface area contributed by atoms with Gasteiger partial charge in [-0.25, -0.2) is 46.2 Å². The molecular weight excluding hydrogens is 640 g/mol. The Labute approximate surface area is 253 Å². The maximum Gasteiger partial charge on any atom is 0.280 e. The van der Waals surface area contributed by atoms with Crippen LogP contribution >= 0.6 is 0 Å². The number of rotatable bonds is 2. The Bertz CT molecular complexity index is 2070. The molecule has 3 fully saturated rings. The van der Waals surface area contributed by atoms with Crippen molar-refractivity contribution in [3.8, 4) is 0 Å². The van der Waals surface area contributed by atoms with Crippen molar-refractivity contribution >= 4 is 54.1 Å². The predicted molar refractivity (Wildman–Crippen MR) is 153 cm³/mol. The number of hydrogen-bond donors (Lipinski definition) is 7. The Morgan fingerprint density at radius 2 is 1.42 bits per heavy atom. The van der Waals surface area contributed by atoms with Crippen LogP contribution in [-0.2, 0) is 29.5 Å². The van der Waals surface area contributed by atoms with E-state index in [1.54, 1.807) is 0 Å². The van der Waals surface area contributed by atoms with Crippen molar-refractivity contribution < 1.29 is 36.5 Å². The number of imidazole rings is 2. The van der Waals surface area contributed by atoms with E-state index in [9.17, 15) is 31.8 Å². The highest BCUT2D eigenvalue weighted by Gasteiger charge is 2.50. The minimum absolute atomic E-state index is 0.0324. The Morgan fingerprint density at radius 1 is 0.800 bits per heavy atom. The smallest absolute Gasteiger partial charge is 0.280 e. The van der Waals surface area contributed by atoms with Crippen LogP contribution in [0.4, 0.5) is 11.8 Å². The zero-order valence-electron chi connectivity index (χ0n) is 23.0. The van der Waals surface area contributed by atoms with Crippen LogP contribution in [0.5, 0.6) is 0 Å². The van der Waals surface area contributed by atoms with Crippen molar-refractivity contribution in [2.24, 2.45) is 0 Å². The third-order valence-corrected chi connectivity index (χ3v) is 10.9. The van der Waals surface area contributed by atoms with Crippen molar-refractivity contribution in [3.05, 3.63) is 29.3 Å². The summed E-state index contributed by atoms with van der Waals surface area (Å²) < 4.78 is 73.0. The molecule has 2 unspecified atom stereocenters. The van der Waals surface area contributed by atoms with Crippen LogP contribution in [0.25, 0.3) is 22.3 Å². The third kappa shape index (κ3) is 5.19. The number of anilines is 2. The molecule has 8 atom stereocenters. The lowest BCUT2D eigenvalue weighted by Crippen LogP contribution is -2.49. The molecule has 0 aromatic carbocycles. The summed E-state index contributed by atoms with van der Waals surface area (Å²) in [6.45, 7) is 0. The number of nitrogen functional groups attached to an aromatic ring is 2. The normalized spacial score (nSPS) is 33.4. The average Bonchev–Trinajstić information content (AvgIpc) is 3.72. The van der Waals surface area contributed by atoms with Crippen LogP contribution in [0.15, 0.2) is 23.8 Å². The molecule has 0 aliphatic carbocycles. The molecular formula is C22H28N12O9S2. The quantitative estimate of drug-likeness (QED) is 0.107. The van der Waals surface area contributed by atoms with Gasteiger partial charge in [0.2, 0.25) is 26.0 Å². The van der Waals surface area contributed by atoms with Gasteiger partial charge in [0, 0.05) is 0 Å². The Kier molecular flexibility index (Phi) is 7.04. The summed E-state index contributed by atoms with van der Waals surface area (Å²) >= 11 is 0. The number of aliphatic hydroxyl groups excluding tert-OH is 2. The molecule has 242 valence electrons.